The van der Waals surface area contributed by atoms with Gasteiger partial charge in [0.2, 0.25) is 0 Å². The molecule has 3 aromatic carbocycles. The Labute approximate surface area is 158 Å². The lowest BCUT2D eigenvalue weighted by atomic mass is 9.76. The minimum Gasteiger partial charge on any atom is -0.456 e. The van der Waals surface area contributed by atoms with Crippen molar-refractivity contribution in [1.29, 1.82) is 0 Å². The first-order chi connectivity index (χ1) is 13.2. The molecule has 0 bridgehead atoms. The Kier molecular flexibility index (Phi) is 3.41. The van der Waals surface area contributed by atoms with Crippen LogP contribution in [0.4, 0.5) is 0 Å². The first kappa shape index (κ1) is 16.1. The van der Waals surface area contributed by atoms with Gasteiger partial charge in [-0.2, -0.15) is 0 Å². The highest BCUT2D eigenvalue weighted by Crippen LogP contribution is 2.56. The summed E-state index contributed by atoms with van der Waals surface area (Å²) in [5, 5.41) is 0. The number of aryl methyl sites for hydroxylation is 2. The highest BCUT2D eigenvalue weighted by molar-refractivity contribution is 5.97. The molecule has 0 fully saturated rings. The van der Waals surface area contributed by atoms with Gasteiger partial charge in [0.05, 0.1) is 5.56 Å². The number of hydrogen-bond acceptors (Lipinski definition) is 3. The number of esters is 1. The van der Waals surface area contributed by atoms with E-state index in [0.29, 0.717) is 5.56 Å². The molecule has 0 N–H and O–H groups in total. The Morgan fingerprint density at radius 3 is 1.96 bits per heavy atom. The van der Waals surface area contributed by atoms with Gasteiger partial charge in [0.15, 0.2) is 5.60 Å². The van der Waals surface area contributed by atoms with Gasteiger partial charge in [-0.15, -0.1) is 0 Å². The number of benzene rings is 3. The first-order valence-corrected chi connectivity index (χ1v) is 9.45. The fraction of sp³-hybridized carbons (Fsp3) is 0.208. The molecule has 0 saturated carbocycles. The average Bonchev–Trinajstić information content (AvgIpc) is 3.01. The standard InChI is InChI=1S/C24H20O3/c1-3-15-9-11-21-19(13-15)24(18-8-6-5-7-17(18)23(25)27-24)20-14-16(4-2)10-12-22(20)26-21/h5-14H,3-4H2,1-2H3. The predicted octanol–water partition coefficient (Wildman–Crippen LogP) is 5.38. The highest BCUT2D eigenvalue weighted by Gasteiger charge is 2.53. The Balaban J connectivity index is 1.89. The van der Waals surface area contributed by atoms with Crippen LogP contribution in [-0.4, -0.2) is 5.97 Å². The summed E-state index contributed by atoms with van der Waals surface area (Å²) in [6.07, 6.45) is 1.81. The molecule has 0 aliphatic carbocycles. The molecule has 3 aromatic rings. The molecular weight excluding hydrogens is 336 g/mol. The molecule has 1 spiro atoms. The van der Waals surface area contributed by atoms with Crippen LogP contribution in [0.5, 0.6) is 11.5 Å². The van der Waals surface area contributed by atoms with Crippen molar-refractivity contribution in [2.45, 2.75) is 32.3 Å². The van der Waals surface area contributed by atoms with E-state index < -0.39 is 5.60 Å². The summed E-state index contributed by atoms with van der Waals surface area (Å²) >= 11 is 0. The number of hydrogen-bond donors (Lipinski definition) is 0. The largest absolute Gasteiger partial charge is 0.456 e. The zero-order valence-electron chi connectivity index (χ0n) is 15.4. The van der Waals surface area contributed by atoms with Gasteiger partial charge in [-0.3, -0.25) is 0 Å². The number of rotatable bonds is 2. The lowest BCUT2D eigenvalue weighted by Gasteiger charge is -2.37. The van der Waals surface area contributed by atoms with Gasteiger partial charge < -0.3 is 9.47 Å². The van der Waals surface area contributed by atoms with Crippen LogP contribution in [0.15, 0.2) is 60.7 Å². The van der Waals surface area contributed by atoms with E-state index in [1.165, 1.54) is 11.1 Å². The van der Waals surface area contributed by atoms with Crippen LogP contribution in [0, 0.1) is 0 Å². The van der Waals surface area contributed by atoms with Gasteiger partial charge in [-0.05, 0) is 54.3 Å². The van der Waals surface area contributed by atoms with Gasteiger partial charge in [0, 0.05) is 16.7 Å². The summed E-state index contributed by atoms with van der Waals surface area (Å²) in [6.45, 7) is 4.24. The van der Waals surface area contributed by atoms with Gasteiger partial charge in [0.25, 0.3) is 0 Å². The number of carbonyl (C=O) groups is 1. The minimum atomic E-state index is -0.951. The van der Waals surface area contributed by atoms with Crippen molar-refractivity contribution in [3.8, 4) is 11.5 Å². The molecule has 0 aromatic heterocycles. The molecule has 27 heavy (non-hydrogen) atoms. The van der Waals surface area contributed by atoms with E-state index in [0.717, 1.165) is 41.0 Å². The van der Waals surface area contributed by atoms with E-state index in [4.69, 9.17) is 9.47 Å². The van der Waals surface area contributed by atoms with Gasteiger partial charge >= 0.3 is 5.97 Å². The summed E-state index contributed by atoms with van der Waals surface area (Å²) < 4.78 is 12.4. The Hall–Kier alpha value is -3.07. The number of carbonyl (C=O) groups excluding carboxylic acids is 1. The molecule has 0 amide bonds. The third kappa shape index (κ3) is 2.11. The van der Waals surface area contributed by atoms with Crippen LogP contribution in [0.1, 0.15) is 52.0 Å². The van der Waals surface area contributed by atoms with E-state index in [9.17, 15) is 4.79 Å². The summed E-state index contributed by atoms with van der Waals surface area (Å²) in [5.74, 6) is 1.20. The molecule has 2 aliphatic heterocycles. The molecular formula is C24H20O3. The van der Waals surface area contributed by atoms with E-state index in [1.807, 2.05) is 36.4 Å². The maximum absolute atomic E-state index is 12.8. The monoisotopic (exact) mass is 356 g/mol. The van der Waals surface area contributed by atoms with Crippen LogP contribution >= 0.6 is 0 Å². The third-order valence-corrected chi connectivity index (χ3v) is 5.66. The maximum Gasteiger partial charge on any atom is 0.340 e. The molecule has 0 radical (unpaired) electrons. The second-order valence-corrected chi connectivity index (χ2v) is 7.09. The topological polar surface area (TPSA) is 35.5 Å². The quantitative estimate of drug-likeness (QED) is 0.578. The van der Waals surface area contributed by atoms with Crippen LogP contribution in [0.3, 0.4) is 0 Å². The molecule has 3 heteroatoms. The van der Waals surface area contributed by atoms with Crippen molar-refractivity contribution < 1.29 is 14.3 Å². The van der Waals surface area contributed by atoms with Crippen LogP contribution in [0.2, 0.25) is 0 Å². The lowest BCUT2D eigenvalue weighted by molar-refractivity contribution is 0.0224. The highest BCUT2D eigenvalue weighted by atomic mass is 16.6. The van der Waals surface area contributed by atoms with Crippen molar-refractivity contribution in [1.82, 2.24) is 0 Å². The molecule has 2 heterocycles. The molecule has 0 unspecified atom stereocenters. The van der Waals surface area contributed by atoms with Crippen molar-refractivity contribution in [2.24, 2.45) is 0 Å². The summed E-state index contributed by atoms with van der Waals surface area (Å²) in [4.78, 5) is 12.8. The smallest absolute Gasteiger partial charge is 0.340 e. The van der Waals surface area contributed by atoms with Crippen molar-refractivity contribution in [2.75, 3.05) is 0 Å². The summed E-state index contributed by atoms with van der Waals surface area (Å²) in [6, 6.07) is 20.0. The lowest BCUT2D eigenvalue weighted by Crippen LogP contribution is -2.33. The minimum absolute atomic E-state index is 0.284. The zero-order valence-corrected chi connectivity index (χ0v) is 15.4. The number of ether oxygens (including phenoxy) is 2. The van der Waals surface area contributed by atoms with Crippen molar-refractivity contribution >= 4 is 5.97 Å². The van der Waals surface area contributed by atoms with Crippen LogP contribution in [0.25, 0.3) is 0 Å². The molecule has 5 rings (SSSR count). The van der Waals surface area contributed by atoms with Crippen molar-refractivity contribution in [3.05, 3.63) is 94.0 Å². The zero-order chi connectivity index (χ0) is 18.6. The van der Waals surface area contributed by atoms with E-state index in [1.54, 1.807) is 0 Å². The van der Waals surface area contributed by atoms with E-state index in [-0.39, 0.29) is 5.97 Å². The van der Waals surface area contributed by atoms with Gasteiger partial charge in [-0.25, -0.2) is 4.79 Å². The molecule has 134 valence electrons. The third-order valence-electron chi connectivity index (χ3n) is 5.66. The Morgan fingerprint density at radius 1 is 0.778 bits per heavy atom. The second kappa shape index (κ2) is 5.71. The SMILES string of the molecule is CCc1ccc2c(c1)C1(OC(=O)c3ccccc31)c1cc(CC)ccc1O2. The molecule has 0 saturated heterocycles. The fourth-order valence-corrected chi connectivity index (χ4v) is 4.20. The number of fused-ring (bicyclic) bond motifs is 6. The van der Waals surface area contributed by atoms with Crippen molar-refractivity contribution in [3.63, 3.8) is 0 Å². The van der Waals surface area contributed by atoms with Crippen LogP contribution < -0.4 is 4.74 Å². The fourth-order valence-electron chi connectivity index (χ4n) is 4.20. The predicted molar refractivity (Wildman–Crippen MR) is 103 cm³/mol. The first-order valence-electron chi connectivity index (χ1n) is 9.45. The molecule has 0 atom stereocenters. The van der Waals surface area contributed by atoms with E-state index >= 15 is 0 Å². The average molecular weight is 356 g/mol. The van der Waals surface area contributed by atoms with Crippen LogP contribution in [-0.2, 0) is 23.2 Å². The van der Waals surface area contributed by atoms with Gasteiger partial charge in [0.1, 0.15) is 11.5 Å². The summed E-state index contributed by atoms with van der Waals surface area (Å²) in [7, 11) is 0. The molecule has 2 aliphatic rings. The molecule has 3 nitrogen and oxygen atoms in total. The second-order valence-electron chi connectivity index (χ2n) is 7.09. The summed E-state index contributed by atoms with van der Waals surface area (Å²) in [5.41, 5.74) is 4.75. The van der Waals surface area contributed by atoms with Gasteiger partial charge in [-0.1, -0.05) is 44.2 Å². The Morgan fingerprint density at radius 2 is 1.37 bits per heavy atom. The Bertz CT molecular complexity index is 1030. The normalized spacial score (nSPS) is 15.6. The van der Waals surface area contributed by atoms with E-state index in [2.05, 4.69) is 38.1 Å². The maximum atomic E-state index is 12.8.